The van der Waals surface area contributed by atoms with Gasteiger partial charge in [0.05, 0.1) is 48.2 Å². The predicted octanol–water partition coefficient (Wildman–Crippen LogP) is 6.92. The molecule has 3 aromatic heterocycles. The number of esters is 2. The zero-order valence-electron chi connectivity index (χ0n) is 42.2. The van der Waals surface area contributed by atoms with Crippen molar-refractivity contribution in [2.45, 2.75) is 167 Å². The van der Waals surface area contributed by atoms with Gasteiger partial charge in [-0.15, -0.1) is 17.9 Å². The number of aliphatic hydroxyl groups excluding tert-OH is 1. The first kappa shape index (κ1) is 53.8. The summed E-state index contributed by atoms with van der Waals surface area (Å²) in [5.74, 6) is -6.62. The highest BCUT2D eigenvalue weighted by Crippen LogP contribution is 2.45. The monoisotopic (exact) mass is 979 g/mol. The number of carbonyl (C=O) groups is 4. The molecule has 3 fully saturated rings. The Hall–Kier alpha value is -4.59. The Labute approximate surface area is 411 Å². The molecular formula is C51H74N6O11S. The average Bonchev–Trinajstić information content (AvgIpc) is 4.08. The van der Waals surface area contributed by atoms with Crippen molar-refractivity contribution in [3.8, 4) is 10.7 Å². The molecule has 17 nitrogen and oxygen atoms in total. The molecule has 0 spiro atoms. The van der Waals surface area contributed by atoms with E-state index in [4.69, 9.17) is 28.4 Å². The van der Waals surface area contributed by atoms with Crippen molar-refractivity contribution in [1.29, 1.82) is 0 Å². The first-order valence-electron chi connectivity index (χ1n) is 24.3. The van der Waals surface area contributed by atoms with Crippen LogP contribution in [0.4, 0.5) is 4.79 Å². The number of thiazole rings is 1. The van der Waals surface area contributed by atoms with Gasteiger partial charge in [-0.1, -0.05) is 39.8 Å². The molecule has 1 unspecified atom stereocenters. The number of ether oxygens (including phenoxy) is 6. The molecule has 6 heterocycles. The number of Topliss-reactive ketones (excluding diaryl/α,β-unsaturated/α-hetero) is 1. The number of methoxy groups -OCH3 is 1. The van der Waals surface area contributed by atoms with Crippen LogP contribution in [-0.4, -0.2) is 145 Å². The number of ketones is 1. The zero-order valence-corrected chi connectivity index (χ0v) is 43.1. The third-order valence-electron chi connectivity index (χ3n) is 14.7. The molecule has 0 bridgehead atoms. The van der Waals surface area contributed by atoms with Crippen LogP contribution in [0.5, 0.6) is 0 Å². The third kappa shape index (κ3) is 11.8. The molecule has 0 aliphatic carbocycles. The molecule has 1 amide bonds. The average molecular weight is 979 g/mol. The van der Waals surface area contributed by atoms with Gasteiger partial charge >= 0.3 is 18.0 Å². The van der Waals surface area contributed by atoms with Crippen molar-refractivity contribution in [3.63, 3.8) is 0 Å². The first-order chi connectivity index (χ1) is 32.7. The van der Waals surface area contributed by atoms with Gasteiger partial charge in [0.15, 0.2) is 11.4 Å². The van der Waals surface area contributed by atoms with Crippen molar-refractivity contribution in [2.75, 3.05) is 27.2 Å². The van der Waals surface area contributed by atoms with E-state index in [9.17, 15) is 19.5 Å². The van der Waals surface area contributed by atoms with Gasteiger partial charge in [-0.05, 0) is 85.9 Å². The van der Waals surface area contributed by atoms with Gasteiger partial charge in [0.2, 0.25) is 0 Å². The van der Waals surface area contributed by atoms with Crippen LogP contribution >= 0.6 is 11.3 Å². The Balaban J connectivity index is 1.37. The van der Waals surface area contributed by atoms with Gasteiger partial charge in [0.25, 0.3) is 0 Å². The molecule has 3 aliphatic rings. The second-order valence-corrected chi connectivity index (χ2v) is 20.8. The van der Waals surface area contributed by atoms with Gasteiger partial charge < -0.3 is 43.0 Å². The van der Waals surface area contributed by atoms with Crippen LogP contribution in [0.15, 0.2) is 61.2 Å². The maximum Gasteiger partial charge on any atom is 0.410 e. The van der Waals surface area contributed by atoms with Crippen LogP contribution in [0.25, 0.3) is 10.7 Å². The second-order valence-electron chi connectivity index (χ2n) is 19.9. The van der Waals surface area contributed by atoms with Crippen LogP contribution in [0.1, 0.15) is 100 Å². The number of likely N-dealkylation sites (N-methyl/N-ethyl adjacent to an activating group) is 1. The molecule has 0 aromatic carbocycles. The molecule has 3 saturated heterocycles. The summed E-state index contributed by atoms with van der Waals surface area (Å²) in [5, 5.41) is 14.9. The van der Waals surface area contributed by atoms with Crippen molar-refractivity contribution in [3.05, 3.63) is 66.8 Å². The molecule has 3 aromatic rings. The number of aromatic nitrogens is 4. The summed E-state index contributed by atoms with van der Waals surface area (Å²) >= 11 is 1.51. The molecule has 1 N–H and O–H groups in total. The van der Waals surface area contributed by atoms with Crippen LogP contribution in [-0.2, 0) is 55.8 Å². The summed E-state index contributed by atoms with van der Waals surface area (Å²) in [4.78, 5) is 74.9. The van der Waals surface area contributed by atoms with E-state index in [1.807, 2.05) is 55.8 Å². The lowest BCUT2D eigenvalue weighted by Crippen LogP contribution is -2.65. The summed E-state index contributed by atoms with van der Waals surface area (Å²) in [6.45, 7) is 21.4. The lowest BCUT2D eigenvalue weighted by Gasteiger charge is -2.52. The molecule has 14 atom stereocenters. The van der Waals surface area contributed by atoms with E-state index in [-0.39, 0.29) is 37.7 Å². The van der Waals surface area contributed by atoms with Crippen molar-refractivity contribution in [1.82, 2.24) is 29.3 Å². The number of aryl methyl sites for hydroxylation is 1. The third-order valence-corrected chi connectivity index (χ3v) is 15.5. The molecule has 380 valence electrons. The van der Waals surface area contributed by atoms with E-state index in [1.54, 1.807) is 82.5 Å². The molecule has 0 radical (unpaired) electrons. The standard InChI is InChI=1S/C51H74N6O11S/c1-13-22-55(11)38-26-32(4)66-51(10,44(38)60)67-45-34(6)42(65-40(58)27-36-19-15-16-20-52-36)35(7)47(61)64-39(14-2)50(9)43(33(5)41(59)31(3)28-49(45,8)63-12)57(48(62)68-50)24-18-17-23-56-29-37(54-30-56)46-53-21-25-69-46/h13,15-16,19-21,25,29-35,38-39,42-45,60H,1,14,17-18,22-24,26-28H2,2-12H3/t31-,32-,33+,34+,35-,38+,39-,42?,43-,44-,45-,49-,50-,51+/m1/s1. The maximum atomic E-state index is 15.1. The molecular weight excluding hydrogens is 905 g/mol. The van der Waals surface area contributed by atoms with Crippen molar-refractivity contribution in [2.24, 2.45) is 23.7 Å². The Morgan fingerprint density at radius 1 is 1.04 bits per heavy atom. The number of imidazole rings is 1. The lowest BCUT2D eigenvalue weighted by atomic mass is 9.73. The Bertz CT molecular complexity index is 2210. The van der Waals surface area contributed by atoms with Gasteiger partial charge in [-0.25, -0.2) is 14.8 Å². The maximum absolute atomic E-state index is 15.1. The number of rotatable bonds is 16. The number of aliphatic hydroxyl groups is 1. The van der Waals surface area contributed by atoms with Gasteiger partial charge in [-0.3, -0.25) is 24.3 Å². The fraction of sp³-hybridized carbons (Fsp3) is 0.667. The summed E-state index contributed by atoms with van der Waals surface area (Å²) in [5.41, 5.74) is -1.53. The quantitative estimate of drug-likeness (QED) is 0.0673. The minimum atomic E-state index is -1.65. The zero-order chi connectivity index (χ0) is 50.4. The predicted molar refractivity (Wildman–Crippen MR) is 259 cm³/mol. The molecule has 0 saturated carbocycles. The minimum absolute atomic E-state index is 0.0972. The summed E-state index contributed by atoms with van der Waals surface area (Å²) in [6.07, 6.45) is 5.30. The van der Waals surface area contributed by atoms with E-state index in [2.05, 4.69) is 21.5 Å². The number of cyclic esters (lactones) is 1. The highest BCUT2D eigenvalue weighted by Gasteiger charge is 2.61. The second kappa shape index (κ2) is 22.7. The summed E-state index contributed by atoms with van der Waals surface area (Å²) in [7, 11) is 3.42. The molecule has 3 aliphatic heterocycles. The number of unbranched alkanes of at least 4 members (excludes halogenated alkanes) is 1. The number of pyridine rings is 1. The van der Waals surface area contributed by atoms with E-state index in [0.29, 0.717) is 38.0 Å². The van der Waals surface area contributed by atoms with Gasteiger partial charge in [0, 0.05) is 74.5 Å². The largest absolute Gasteiger partial charge is 0.461 e. The summed E-state index contributed by atoms with van der Waals surface area (Å²) in [6, 6.07) is 4.00. The normalized spacial score (nSPS) is 34.7. The van der Waals surface area contributed by atoms with Gasteiger partial charge in [-0.2, -0.15) is 0 Å². The molecule has 6 rings (SSSR count). The van der Waals surface area contributed by atoms with E-state index in [0.717, 1.165) is 10.7 Å². The number of amides is 1. The lowest BCUT2D eigenvalue weighted by molar-refractivity contribution is -0.358. The van der Waals surface area contributed by atoms with E-state index < -0.39 is 95.2 Å². The number of hydrogen-bond acceptors (Lipinski definition) is 16. The first-order valence-corrected chi connectivity index (χ1v) is 25.2. The number of carbonyl (C=O) groups excluding carboxylic acids is 4. The van der Waals surface area contributed by atoms with E-state index in [1.165, 1.54) is 18.4 Å². The summed E-state index contributed by atoms with van der Waals surface area (Å²) < 4.78 is 41.2. The van der Waals surface area contributed by atoms with Gasteiger partial charge in [0.1, 0.15) is 34.8 Å². The fourth-order valence-electron chi connectivity index (χ4n) is 11.0. The number of fused-ring (bicyclic) bond motifs is 1. The molecule has 69 heavy (non-hydrogen) atoms. The van der Waals surface area contributed by atoms with Crippen molar-refractivity contribution < 1.29 is 52.7 Å². The van der Waals surface area contributed by atoms with Crippen LogP contribution in [0.2, 0.25) is 0 Å². The SMILES string of the molecule is C=CCN(C)[C@H]1C[C@@H](C)O[C@@](C)(O[C@@H]2[C@@H](C)C(OC(=O)Cc3ccccn3)[C@@H](C)C(=O)O[C@H](CC)[C@@]3(C)OC(=O)N(CCCCn4cnc(-c5nccs5)c4)[C@@H]3[C@@H](C)C(=O)[C@H](C)C[C@@]2(C)OC)[C@@H]1O. The number of nitrogens with zero attached hydrogens (tertiary/aromatic N) is 6. The highest BCUT2D eigenvalue weighted by molar-refractivity contribution is 7.13. The van der Waals surface area contributed by atoms with Crippen LogP contribution in [0, 0.1) is 23.7 Å². The van der Waals surface area contributed by atoms with E-state index >= 15 is 4.79 Å². The Morgan fingerprint density at radius 2 is 1.78 bits per heavy atom. The smallest absolute Gasteiger partial charge is 0.410 e. The Kier molecular flexibility index (Phi) is 17.7. The fourth-order valence-corrected chi connectivity index (χ4v) is 11.6. The molecule has 18 heteroatoms. The topological polar surface area (TPSA) is 194 Å². The Morgan fingerprint density at radius 3 is 2.43 bits per heavy atom. The highest BCUT2D eigenvalue weighted by atomic mass is 32.1. The van der Waals surface area contributed by atoms with Crippen molar-refractivity contribution >= 4 is 35.2 Å². The van der Waals surface area contributed by atoms with Crippen LogP contribution in [0.3, 0.4) is 0 Å². The minimum Gasteiger partial charge on any atom is -0.461 e. The van der Waals surface area contributed by atoms with Crippen LogP contribution < -0.4 is 0 Å². The number of hydrogen-bond donors (Lipinski definition) is 1.